The predicted molar refractivity (Wildman–Crippen MR) is 71.7 cm³/mol. The molecule has 1 rings (SSSR count). The standard InChI is InChI=1S/C13H21NO8/c1-13(2,3)22-12(19)14-6(10(17)20-4)8(15)9(16)7(14)11(18)21-5/h6-9,15-16H,1-5H3/t6-,7-,8-,9+/m0/s1. The topological polar surface area (TPSA) is 123 Å². The molecule has 1 saturated heterocycles. The van der Waals surface area contributed by atoms with E-state index in [0.29, 0.717) is 4.90 Å². The first-order chi connectivity index (χ1) is 10.0. The molecule has 1 amide bonds. The van der Waals surface area contributed by atoms with Gasteiger partial charge in [0.1, 0.15) is 17.8 Å². The van der Waals surface area contributed by atoms with E-state index >= 15 is 0 Å². The Kier molecular flexibility index (Phi) is 5.36. The first kappa shape index (κ1) is 18.2. The molecule has 0 radical (unpaired) electrons. The number of ether oxygens (including phenoxy) is 3. The van der Waals surface area contributed by atoms with Gasteiger partial charge in [0.05, 0.1) is 14.2 Å². The van der Waals surface area contributed by atoms with E-state index in [1.54, 1.807) is 20.8 Å². The van der Waals surface area contributed by atoms with E-state index in [4.69, 9.17) is 4.74 Å². The molecule has 0 aromatic heterocycles. The van der Waals surface area contributed by atoms with Crippen molar-refractivity contribution in [1.82, 2.24) is 4.90 Å². The Morgan fingerprint density at radius 2 is 1.27 bits per heavy atom. The van der Waals surface area contributed by atoms with Crippen LogP contribution in [0.4, 0.5) is 4.79 Å². The van der Waals surface area contributed by atoms with Crippen molar-refractivity contribution in [2.24, 2.45) is 0 Å². The Bertz CT molecular complexity index is 429. The van der Waals surface area contributed by atoms with Crippen LogP contribution in [0.3, 0.4) is 0 Å². The van der Waals surface area contributed by atoms with Gasteiger partial charge in [-0.1, -0.05) is 0 Å². The van der Waals surface area contributed by atoms with Crippen LogP contribution in [0.15, 0.2) is 0 Å². The number of esters is 2. The van der Waals surface area contributed by atoms with Gasteiger partial charge in [-0.2, -0.15) is 0 Å². The third-order valence-corrected chi connectivity index (χ3v) is 3.09. The lowest BCUT2D eigenvalue weighted by Gasteiger charge is -2.30. The molecule has 22 heavy (non-hydrogen) atoms. The predicted octanol–water partition coefficient (Wildman–Crippen LogP) is -0.958. The molecule has 1 aliphatic rings. The highest BCUT2D eigenvalue weighted by Crippen LogP contribution is 2.29. The molecule has 9 nitrogen and oxygen atoms in total. The molecule has 126 valence electrons. The largest absolute Gasteiger partial charge is 0.467 e. The Labute approximate surface area is 127 Å². The Morgan fingerprint density at radius 3 is 1.55 bits per heavy atom. The maximum Gasteiger partial charge on any atom is 0.411 e. The second-order valence-electron chi connectivity index (χ2n) is 5.80. The molecular formula is C13H21NO8. The summed E-state index contributed by atoms with van der Waals surface area (Å²) in [5.74, 6) is -1.97. The van der Waals surface area contributed by atoms with E-state index in [-0.39, 0.29) is 0 Å². The molecule has 0 aliphatic carbocycles. The van der Waals surface area contributed by atoms with Crippen molar-refractivity contribution in [3.8, 4) is 0 Å². The summed E-state index contributed by atoms with van der Waals surface area (Å²) in [6.45, 7) is 4.77. The van der Waals surface area contributed by atoms with Gasteiger partial charge in [-0.3, -0.25) is 4.90 Å². The van der Waals surface area contributed by atoms with Crippen LogP contribution in [0.1, 0.15) is 20.8 Å². The lowest BCUT2D eigenvalue weighted by molar-refractivity contribution is -0.152. The zero-order valence-electron chi connectivity index (χ0n) is 13.1. The Hall–Kier alpha value is -1.87. The van der Waals surface area contributed by atoms with E-state index in [1.807, 2.05) is 0 Å². The summed E-state index contributed by atoms with van der Waals surface area (Å²) >= 11 is 0. The van der Waals surface area contributed by atoms with E-state index < -0.39 is 47.9 Å². The van der Waals surface area contributed by atoms with Gasteiger partial charge in [-0.25, -0.2) is 14.4 Å². The molecule has 1 aliphatic heterocycles. The van der Waals surface area contributed by atoms with Gasteiger partial charge < -0.3 is 24.4 Å². The molecule has 2 N–H and O–H groups in total. The van der Waals surface area contributed by atoms with Crippen LogP contribution in [-0.2, 0) is 23.8 Å². The number of carbonyl (C=O) groups is 3. The molecule has 0 aromatic carbocycles. The number of rotatable bonds is 2. The fourth-order valence-electron chi connectivity index (χ4n) is 2.16. The molecule has 0 aromatic rings. The maximum atomic E-state index is 12.3. The van der Waals surface area contributed by atoms with Crippen LogP contribution in [0.2, 0.25) is 0 Å². The summed E-state index contributed by atoms with van der Waals surface area (Å²) in [7, 11) is 2.11. The first-order valence-corrected chi connectivity index (χ1v) is 6.58. The van der Waals surface area contributed by atoms with Crippen LogP contribution in [0.5, 0.6) is 0 Å². The summed E-state index contributed by atoms with van der Waals surface area (Å²) in [5.41, 5.74) is -0.906. The molecule has 1 fully saturated rings. The Balaban J connectivity index is 3.23. The van der Waals surface area contributed by atoms with Crippen LogP contribution in [0, 0.1) is 0 Å². The average molecular weight is 319 g/mol. The van der Waals surface area contributed by atoms with Gasteiger partial charge in [0.25, 0.3) is 0 Å². The van der Waals surface area contributed by atoms with Crippen molar-refractivity contribution in [3.05, 3.63) is 0 Å². The fraction of sp³-hybridized carbons (Fsp3) is 0.769. The number of nitrogens with zero attached hydrogens (tertiary/aromatic N) is 1. The van der Waals surface area contributed by atoms with Gasteiger partial charge in [-0.15, -0.1) is 0 Å². The number of hydrogen-bond donors (Lipinski definition) is 2. The summed E-state index contributed by atoms with van der Waals surface area (Å²) in [5, 5.41) is 20.0. The fourth-order valence-corrected chi connectivity index (χ4v) is 2.16. The summed E-state index contributed by atoms with van der Waals surface area (Å²) in [6.07, 6.45) is -4.46. The summed E-state index contributed by atoms with van der Waals surface area (Å²) in [4.78, 5) is 36.6. The molecular weight excluding hydrogens is 298 g/mol. The van der Waals surface area contributed by atoms with Crippen LogP contribution in [-0.4, -0.2) is 77.3 Å². The van der Waals surface area contributed by atoms with Gasteiger partial charge in [0.2, 0.25) is 0 Å². The van der Waals surface area contributed by atoms with E-state index in [2.05, 4.69) is 9.47 Å². The SMILES string of the molecule is COC(=O)[C@@H]1[C@H](O)[C@H](O)[C@@H](C(=O)OC)N1C(=O)OC(C)(C)C. The number of aliphatic hydroxyl groups excluding tert-OH is 2. The molecule has 1 heterocycles. The van der Waals surface area contributed by atoms with Gasteiger partial charge in [0, 0.05) is 0 Å². The van der Waals surface area contributed by atoms with E-state index in [0.717, 1.165) is 14.2 Å². The van der Waals surface area contributed by atoms with Gasteiger partial charge in [0.15, 0.2) is 12.1 Å². The lowest BCUT2D eigenvalue weighted by atomic mass is 10.1. The highest BCUT2D eigenvalue weighted by molar-refractivity contribution is 5.89. The third-order valence-electron chi connectivity index (χ3n) is 3.09. The van der Waals surface area contributed by atoms with E-state index in [9.17, 15) is 24.6 Å². The maximum absolute atomic E-state index is 12.3. The number of likely N-dealkylation sites (tertiary alicyclic amines) is 1. The van der Waals surface area contributed by atoms with Crippen molar-refractivity contribution < 1.29 is 38.8 Å². The zero-order chi connectivity index (χ0) is 17.2. The Morgan fingerprint density at radius 1 is 0.909 bits per heavy atom. The molecule has 0 unspecified atom stereocenters. The minimum atomic E-state index is -1.70. The second kappa shape index (κ2) is 6.49. The van der Waals surface area contributed by atoms with Gasteiger partial charge in [-0.05, 0) is 20.8 Å². The third kappa shape index (κ3) is 3.47. The van der Waals surface area contributed by atoms with Crippen LogP contribution in [0.25, 0.3) is 0 Å². The number of carbonyl (C=O) groups excluding carboxylic acids is 3. The smallest absolute Gasteiger partial charge is 0.411 e. The van der Waals surface area contributed by atoms with Crippen molar-refractivity contribution in [2.45, 2.75) is 50.7 Å². The van der Waals surface area contributed by atoms with Gasteiger partial charge >= 0.3 is 18.0 Å². The zero-order valence-corrected chi connectivity index (χ0v) is 13.1. The van der Waals surface area contributed by atoms with Crippen molar-refractivity contribution in [1.29, 1.82) is 0 Å². The number of aliphatic hydroxyl groups is 2. The quantitative estimate of drug-likeness (QED) is 0.493. The first-order valence-electron chi connectivity index (χ1n) is 6.58. The molecule has 0 spiro atoms. The average Bonchev–Trinajstić information content (AvgIpc) is 2.68. The normalized spacial score (nSPS) is 28.2. The molecule has 4 atom stereocenters. The van der Waals surface area contributed by atoms with Crippen LogP contribution < -0.4 is 0 Å². The minimum absolute atomic E-state index is 0.651. The molecule has 0 saturated carbocycles. The number of hydrogen-bond acceptors (Lipinski definition) is 8. The molecule has 9 heteroatoms. The number of amides is 1. The van der Waals surface area contributed by atoms with Crippen molar-refractivity contribution >= 4 is 18.0 Å². The van der Waals surface area contributed by atoms with Crippen LogP contribution >= 0.6 is 0 Å². The monoisotopic (exact) mass is 319 g/mol. The lowest BCUT2D eigenvalue weighted by Crippen LogP contribution is -2.52. The van der Waals surface area contributed by atoms with Crippen molar-refractivity contribution in [2.75, 3.05) is 14.2 Å². The number of methoxy groups -OCH3 is 2. The van der Waals surface area contributed by atoms with Crippen molar-refractivity contribution in [3.63, 3.8) is 0 Å². The minimum Gasteiger partial charge on any atom is -0.467 e. The van der Waals surface area contributed by atoms with E-state index in [1.165, 1.54) is 0 Å². The molecule has 0 bridgehead atoms. The second-order valence-corrected chi connectivity index (χ2v) is 5.80. The highest BCUT2D eigenvalue weighted by Gasteiger charge is 2.58. The highest BCUT2D eigenvalue weighted by atomic mass is 16.6. The summed E-state index contributed by atoms with van der Waals surface area (Å²) in [6, 6.07) is -3.14. The summed E-state index contributed by atoms with van der Waals surface area (Å²) < 4.78 is 14.1.